The largest absolute Gasteiger partial charge is 0.315 e. The maximum Gasteiger partial charge on any atom is 0.227 e. The Bertz CT molecular complexity index is 2340. The zero-order chi connectivity index (χ0) is 41.5. The van der Waals surface area contributed by atoms with Gasteiger partial charge in [0, 0.05) is 97.4 Å². The number of nitrogens with zero attached hydrogens (tertiary/aromatic N) is 4. The predicted octanol–water partition coefficient (Wildman–Crippen LogP) is 6.23. The van der Waals surface area contributed by atoms with E-state index in [4.69, 9.17) is 0 Å². The Balaban J connectivity index is 0.000000177. The van der Waals surface area contributed by atoms with E-state index in [1.54, 1.807) is 52.7 Å². The monoisotopic (exact) mass is 834 g/mol. The highest BCUT2D eigenvalue weighted by molar-refractivity contribution is 7.89. The van der Waals surface area contributed by atoms with Crippen molar-refractivity contribution in [3.8, 4) is 22.3 Å². The summed E-state index contributed by atoms with van der Waals surface area (Å²) in [5.41, 5.74) is 8.88. The minimum Gasteiger partial charge on any atom is -0.315 e. The van der Waals surface area contributed by atoms with Crippen molar-refractivity contribution in [3.63, 3.8) is 0 Å². The second-order valence-corrected chi connectivity index (χ2v) is 19.4. The Labute approximate surface area is 338 Å². The first-order valence-electron chi connectivity index (χ1n) is 19.7. The van der Waals surface area contributed by atoms with Crippen molar-refractivity contribution in [1.29, 1.82) is 0 Å². The Hall–Kier alpha value is -4.64. The number of aryl methyl sites for hydroxylation is 2. The molecule has 0 spiro atoms. The van der Waals surface area contributed by atoms with E-state index in [-0.39, 0.29) is 35.4 Å². The van der Waals surface area contributed by atoms with Gasteiger partial charge >= 0.3 is 0 Å². The van der Waals surface area contributed by atoms with Crippen molar-refractivity contribution < 1.29 is 35.2 Å². The van der Waals surface area contributed by atoms with Gasteiger partial charge in [0.05, 0.1) is 11.5 Å². The Morgan fingerprint density at radius 1 is 0.603 bits per heavy atom. The van der Waals surface area contributed by atoms with Crippen LogP contribution in [0.4, 0.5) is 20.2 Å². The molecule has 2 N–H and O–H groups in total. The van der Waals surface area contributed by atoms with Crippen LogP contribution in [-0.4, -0.2) is 64.2 Å². The summed E-state index contributed by atoms with van der Waals surface area (Å²) in [7, 11) is -3.40. The van der Waals surface area contributed by atoms with Crippen LogP contribution in [0, 0.1) is 11.6 Å². The molecule has 2 aromatic heterocycles. The van der Waals surface area contributed by atoms with Gasteiger partial charge < -0.3 is 9.80 Å². The van der Waals surface area contributed by atoms with E-state index in [9.17, 15) is 26.4 Å². The highest BCUT2D eigenvalue weighted by Crippen LogP contribution is 2.41. The van der Waals surface area contributed by atoms with Crippen molar-refractivity contribution >= 4 is 43.2 Å². The molecule has 2 amide bonds. The number of carbonyl (C=O) groups excluding carboxylic acids is 2. The summed E-state index contributed by atoms with van der Waals surface area (Å²) < 4.78 is 84.0. The molecule has 4 aliphatic rings. The van der Waals surface area contributed by atoms with E-state index in [1.807, 2.05) is 12.1 Å². The van der Waals surface area contributed by atoms with Crippen LogP contribution in [0.5, 0.6) is 0 Å². The number of hydrogen-bond acceptors (Lipinski definition) is 8. The molecule has 8 rings (SSSR count). The van der Waals surface area contributed by atoms with E-state index in [2.05, 4.69) is 19.4 Å². The van der Waals surface area contributed by atoms with Gasteiger partial charge in [-0.25, -0.2) is 35.1 Å². The molecular weight excluding hydrogens is 787 g/mol. The molecule has 2 aliphatic heterocycles. The molecule has 0 saturated heterocycles. The first-order chi connectivity index (χ1) is 27.6. The van der Waals surface area contributed by atoms with Gasteiger partial charge in [0.15, 0.2) is 0 Å². The lowest BCUT2D eigenvalue weighted by atomic mass is 9.84. The Kier molecular flexibility index (Phi) is 11.8. The summed E-state index contributed by atoms with van der Waals surface area (Å²) in [6.45, 7) is 3.20. The van der Waals surface area contributed by atoms with Gasteiger partial charge in [-0.3, -0.25) is 19.6 Å². The molecule has 2 unspecified atom stereocenters. The highest BCUT2D eigenvalue weighted by Gasteiger charge is 2.31. The van der Waals surface area contributed by atoms with Crippen molar-refractivity contribution in [1.82, 2.24) is 19.4 Å². The number of rotatable bonds is 8. The van der Waals surface area contributed by atoms with Gasteiger partial charge in [0.1, 0.15) is 11.6 Å². The summed E-state index contributed by atoms with van der Waals surface area (Å²) in [5.74, 6) is -0.826. The van der Waals surface area contributed by atoms with Crippen LogP contribution in [0.15, 0.2) is 49.1 Å². The number of aromatic nitrogens is 2. The van der Waals surface area contributed by atoms with Crippen molar-refractivity contribution in [2.24, 2.45) is 0 Å². The van der Waals surface area contributed by atoms with Crippen molar-refractivity contribution in [3.05, 3.63) is 94.1 Å². The molecule has 2 atom stereocenters. The summed E-state index contributed by atoms with van der Waals surface area (Å²) in [6.07, 6.45) is 13.1. The van der Waals surface area contributed by atoms with Crippen LogP contribution in [0.25, 0.3) is 22.3 Å². The van der Waals surface area contributed by atoms with E-state index in [0.717, 1.165) is 59.1 Å². The maximum absolute atomic E-state index is 15.1. The molecule has 0 radical (unpaired) electrons. The number of halogens is 2. The van der Waals surface area contributed by atoms with E-state index in [0.29, 0.717) is 72.2 Å². The lowest BCUT2D eigenvalue weighted by Crippen LogP contribution is -2.32. The molecule has 16 heteroatoms. The molecule has 12 nitrogen and oxygen atoms in total. The second kappa shape index (κ2) is 16.5. The average molecular weight is 835 g/mol. The van der Waals surface area contributed by atoms with Crippen LogP contribution in [0.2, 0.25) is 0 Å². The Morgan fingerprint density at radius 3 is 1.38 bits per heavy atom. The fourth-order valence-corrected chi connectivity index (χ4v) is 10.2. The van der Waals surface area contributed by atoms with Gasteiger partial charge in [-0.1, -0.05) is 0 Å². The van der Waals surface area contributed by atoms with Gasteiger partial charge in [0.25, 0.3) is 0 Å². The van der Waals surface area contributed by atoms with E-state index in [1.165, 1.54) is 21.9 Å². The van der Waals surface area contributed by atoms with Crippen LogP contribution < -0.4 is 19.2 Å². The fourth-order valence-electron chi connectivity index (χ4n) is 8.49. The fraction of sp³-hybridized carbons (Fsp3) is 0.429. The van der Waals surface area contributed by atoms with Crippen molar-refractivity contribution in [2.75, 3.05) is 35.4 Å². The van der Waals surface area contributed by atoms with Gasteiger partial charge in [-0.05, 0) is 123 Å². The third-order valence-corrected chi connectivity index (χ3v) is 14.6. The number of sulfonamides is 2. The van der Waals surface area contributed by atoms with Crippen molar-refractivity contribution in [2.45, 2.75) is 90.1 Å². The molecule has 2 aromatic carbocycles. The summed E-state index contributed by atoms with van der Waals surface area (Å²) in [6, 6.07) is 5.76. The molecule has 308 valence electrons. The second-order valence-electron chi connectivity index (χ2n) is 15.3. The summed E-state index contributed by atoms with van der Waals surface area (Å²) in [4.78, 5) is 35.4. The first-order valence-corrected chi connectivity index (χ1v) is 23.0. The zero-order valence-corrected chi connectivity index (χ0v) is 34.7. The normalized spacial score (nSPS) is 19.1. The molecule has 2 aliphatic carbocycles. The van der Waals surface area contributed by atoms with Crippen LogP contribution >= 0.6 is 0 Å². The van der Waals surface area contributed by atoms with Gasteiger partial charge in [-0.15, -0.1) is 0 Å². The highest BCUT2D eigenvalue weighted by atomic mass is 32.2. The number of nitrogens with one attached hydrogen (secondary N) is 2. The van der Waals surface area contributed by atoms with Gasteiger partial charge in [0.2, 0.25) is 31.9 Å². The third kappa shape index (κ3) is 8.29. The minimum atomic E-state index is -3.36. The minimum absolute atomic E-state index is 0.0115. The van der Waals surface area contributed by atoms with E-state index < -0.39 is 31.7 Å². The molecule has 0 fully saturated rings. The van der Waals surface area contributed by atoms with Crippen LogP contribution in [0.1, 0.15) is 97.8 Å². The molecule has 0 bridgehead atoms. The Morgan fingerprint density at radius 2 is 1.00 bits per heavy atom. The molecular formula is C42H48F2N6O6S2. The van der Waals surface area contributed by atoms with Crippen LogP contribution in [-0.2, 0) is 55.3 Å². The van der Waals surface area contributed by atoms with E-state index >= 15 is 8.78 Å². The number of hydrogen-bond donors (Lipinski definition) is 2. The topological polar surface area (TPSA) is 159 Å². The number of fused-ring (bicyclic) bond motifs is 4. The quantitative estimate of drug-likeness (QED) is 0.212. The number of pyridine rings is 2. The molecule has 58 heavy (non-hydrogen) atoms. The standard InChI is InChI=1S/2C21H24FN3O3S/c2*1-3-29(27,28)24-19-6-4-5-14-16(11-23-12-17(14)19)15-9-13-7-8-21(26)25(2)20(13)10-18(15)22/h2*9-12,19,24H,3-8H2,1-2H3. The molecule has 4 heterocycles. The number of amides is 2. The SMILES string of the molecule is CCS(=O)(=O)NC1CCCc2c(-c3cc4c(cc3F)N(C)C(=O)CC4)cncc21.CCS(=O)(=O)NC1CCCc2c(-c3cc4c(cc3F)N(C)C(=O)CC4)cncc21. The number of benzene rings is 2. The molecule has 0 saturated carbocycles. The zero-order valence-electron chi connectivity index (χ0n) is 33.1. The lowest BCUT2D eigenvalue weighted by molar-refractivity contribution is -0.119. The number of anilines is 2. The predicted molar refractivity (Wildman–Crippen MR) is 219 cm³/mol. The lowest BCUT2D eigenvalue weighted by Gasteiger charge is -2.29. The van der Waals surface area contributed by atoms with Crippen LogP contribution in [0.3, 0.4) is 0 Å². The van der Waals surface area contributed by atoms with Gasteiger partial charge in [-0.2, -0.15) is 0 Å². The summed E-state index contributed by atoms with van der Waals surface area (Å²) in [5, 5.41) is 0. The third-order valence-electron chi connectivity index (χ3n) is 11.8. The first kappa shape index (κ1) is 41.5. The smallest absolute Gasteiger partial charge is 0.227 e. The summed E-state index contributed by atoms with van der Waals surface area (Å²) >= 11 is 0. The molecule has 4 aromatic rings. The number of carbonyl (C=O) groups is 2. The maximum atomic E-state index is 15.1. The average Bonchev–Trinajstić information content (AvgIpc) is 3.21.